The highest BCUT2D eigenvalue weighted by Crippen LogP contribution is 2.28. The normalized spacial score (nSPS) is 13.7. The standard InChI is InChI=1S/C20H20N2O2/c1-14(23)15-9-10-16(12-21)19(11-15)22-13-17-5-2-3-8-20(17)24-18-6-4-7-18/h2-3,5,8-11,18,22H,4,6-7,13H2,1H3. The van der Waals surface area contributed by atoms with Gasteiger partial charge in [-0.1, -0.05) is 18.2 Å². The second-order valence-electron chi connectivity index (χ2n) is 6.06. The van der Waals surface area contributed by atoms with Gasteiger partial charge < -0.3 is 10.1 Å². The number of ketones is 1. The molecule has 2 aromatic rings. The number of carbonyl (C=O) groups is 1. The zero-order valence-corrected chi connectivity index (χ0v) is 13.7. The summed E-state index contributed by atoms with van der Waals surface area (Å²) in [5, 5.41) is 12.5. The molecule has 24 heavy (non-hydrogen) atoms. The number of carbonyl (C=O) groups excluding carboxylic acids is 1. The molecule has 0 amide bonds. The number of ether oxygens (including phenoxy) is 1. The number of anilines is 1. The Labute approximate surface area is 142 Å². The predicted molar refractivity (Wildman–Crippen MR) is 93.2 cm³/mol. The van der Waals surface area contributed by atoms with E-state index in [1.165, 1.54) is 13.3 Å². The lowest BCUT2D eigenvalue weighted by molar-refractivity contribution is 0.101. The third kappa shape index (κ3) is 3.57. The highest BCUT2D eigenvalue weighted by molar-refractivity contribution is 5.95. The lowest BCUT2D eigenvalue weighted by Gasteiger charge is -2.27. The van der Waals surface area contributed by atoms with E-state index in [0.29, 0.717) is 29.5 Å². The van der Waals surface area contributed by atoms with Crippen molar-refractivity contribution in [1.29, 1.82) is 5.26 Å². The van der Waals surface area contributed by atoms with E-state index in [-0.39, 0.29) is 5.78 Å². The number of Topliss-reactive ketones (excluding diaryl/α,β-unsaturated/α-hetero) is 1. The Kier molecular flexibility index (Phi) is 4.81. The molecular weight excluding hydrogens is 300 g/mol. The number of benzene rings is 2. The lowest BCUT2D eigenvalue weighted by atomic mass is 9.96. The van der Waals surface area contributed by atoms with E-state index in [1.807, 2.05) is 24.3 Å². The Morgan fingerprint density at radius 1 is 1.29 bits per heavy atom. The predicted octanol–water partition coefficient (Wildman–Crippen LogP) is 4.30. The van der Waals surface area contributed by atoms with Crippen LogP contribution in [0, 0.1) is 11.3 Å². The molecule has 122 valence electrons. The van der Waals surface area contributed by atoms with Crippen molar-refractivity contribution >= 4 is 11.5 Å². The summed E-state index contributed by atoms with van der Waals surface area (Å²) in [6.45, 7) is 2.06. The van der Waals surface area contributed by atoms with Crippen LogP contribution >= 0.6 is 0 Å². The summed E-state index contributed by atoms with van der Waals surface area (Å²) in [5.41, 5.74) is 2.83. The Morgan fingerprint density at radius 2 is 2.08 bits per heavy atom. The van der Waals surface area contributed by atoms with Gasteiger partial charge in [0.05, 0.1) is 17.4 Å². The minimum atomic E-state index is -0.0174. The van der Waals surface area contributed by atoms with Crippen molar-refractivity contribution in [2.75, 3.05) is 5.32 Å². The Hall–Kier alpha value is -2.80. The van der Waals surface area contributed by atoms with Gasteiger partial charge in [-0.2, -0.15) is 5.26 Å². The molecule has 0 unspecified atom stereocenters. The second-order valence-corrected chi connectivity index (χ2v) is 6.06. The van der Waals surface area contributed by atoms with Gasteiger partial charge in [0.1, 0.15) is 11.8 Å². The SMILES string of the molecule is CC(=O)c1ccc(C#N)c(NCc2ccccc2OC2CCC2)c1. The fraction of sp³-hybridized carbons (Fsp3) is 0.300. The van der Waals surface area contributed by atoms with Crippen molar-refractivity contribution in [3.05, 3.63) is 59.2 Å². The van der Waals surface area contributed by atoms with Crippen LogP contribution < -0.4 is 10.1 Å². The second kappa shape index (κ2) is 7.18. The van der Waals surface area contributed by atoms with E-state index in [0.717, 1.165) is 24.2 Å². The molecule has 0 heterocycles. The first-order valence-electron chi connectivity index (χ1n) is 8.21. The topological polar surface area (TPSA) is 62.1 Å². The van der Waals surface area contributed by atoms with Crippen LogP contribution in [0.5, 0.6) is 5.75 Å². The molecule has 1 aliphatic rings. The maximum atomic E-state index is 11.6. The molecule has 1 saturated carbocycles. The molecule has 0 saturated heterocycles. The molecule has 0 atom stereocenters. The number of hydrogen-bond donors (Lipinski definition) is 1. The summed E-state index contributed by atoms with van der Waals surface area (Å²) >= 11 is 0. The first kappa shape index (κ1) is 16.1. The van der Waals surface area contributed by atoms with Gasteiger partial charge in [0.15, 0.2) is 5.78 Å². The molecule has 0 radical (unpaired) electrons. The lowest BCUT2D eigenvalue weighted by Crippen LogP contribution is -2.25. The molecule has 4 nitrogen and oxygen atoms in total. The van der Waals surface area contributed by atoms with Gasteiger partial charge in [0.2, 0.25) is 0 Å². The van der Waals surface area contributed by atoms with E-state index < -0.39 is 0 Å². The van der Waals surface area contributed by atoms with Gasteiger partial charge in [-0.15, -0.1) is 0 Å². The average molecular weight is 320 g/mol. The van der Waals surface area contributed by atoms with Gasteiger partial charge in [-0.3, -0.25) is 4.79 Å². The molecule has 0 spiro atoms. The average Bonchev–Trinajstić information content (AvgIpc) is 2.56. The number of nitriles is 1. The van der Waals surface area contributed by atoms with Crippen LogP contribution in [0.15, 0.2) is 42.5 Å². The van der Waals surface area contributed by atoms with Crippen molar-refractivity contribution in [3.8, 4) is 11.8 Å². The van der Waals surface area contributed by atoms with E-state index in [9.17, 15) is 10.1 Å². The third-order valence-electron chi connectivity index (χ3n) is 4.33. The van der Waals surface area contributed by atoms with Gasteiger partial charge in [-0.05, 0) is 50.5 Å². The minimum Gasteiger partial charge on any atom is -0.490 e. The number of nitrogens with one attached hydrogen (secondary N) is 1. The molecule has 0 bridgehead atoms. The van der Waals surface area contributed by atoms with Crippen molar-refractivity contribution in [3.63, 3.8) is 0 Å². The highest BCUT2D eigenvalue weighted by atomic mass is 16.5. The van der Waals surface area contributed by atoms with Crippen molar-refractivity contribution in [1.82, 2.24) is 0 Å². The maximum absolute atomic E-state index is 11.6. The maximum Gasteiger partial charge on any atom is 0.159 e. The van der Waals surface area contributed by atoms with Crippen LogP contribution in [0.2, 0.25) is 0 Å². The summed E-state index contributed by atoms with van der Waals surface area (Å²) in [4.78, 5) is 11.6. The number of hydrogen-bond acceptors (Lipinski definition) is 4. The van der Waals surface area contributed by atoms with Crippen LogP contribution in [0.25, 0.3) is 0 Å². The Balaban J connectivity index is 1.77. The van der Waals surface area contributed by atoms with Crippen LogP contribution in [0.3, 0.4) is 0 Å². The summed E-state index contributed by atoms with van der Waals surface area (Å²) < 4.78 is 6.03. The molecule has 3 rings (SSSR count). The monoisotopic (exact) mass is 320 g/mol. The smallest absolute Gasteiger partial charge is 0.159 e. The van der Waals surface area contributed by atoms with E-state index in [4.69, 9.17) is 4.74 Å². The molecule has 1 fully saturated rings. The van der Waals surface area contributed by atoms with Crippen LogP contribution in [-0.4, -0.2) is 11.9 Å². The molecular formula is C20H20N2O2. The van der Waals surface area contributed by atoms with Crippen LogP contribution in [-0.2, 0) is 6.54 Å². The van der Waals surface area contributed by atoms with Crippen LogP contribution in [0.4, 0.5) is 5.69 Å². The van der Waals surface area contributed by atoms with Crippen molar-refractivity contribution in [2.24, 2.45) is 0 Å². The summed E-state index contributed by atoms with van der Waals surface area (Å²) in [6, 6.07) is 15.2. The molecule has 0 aromatic heterocycles. The van der Waals surface area contributed by atoms with Gasteiger partial charge in [0, 0.05) is 17.7 Å². The van der Waals surface area contributed by atoms with Crippen LogP contribution in [0.1, 0.15) is 47.7 Å². The number of nitrogens with zero attached hydrogens (tertiary/aromatic N) is 1. The minimum absolute atomic E-state index is 0.0174. The van der Waals surface area contributed by atoms with E-state index >= 15 is 0 Å². The largest absolute Gasteiger partial charge is 0.490 e. The zero-order valence-electron chi connectivity index (χ0n) is 13.7. The first-order valence-corrected chi connectivity index (χ1v) is 8.21. The fourth-order valence-electron chi connectivity index (χ4n) is 2.63. The molecule has 1 N–H and O–H groups in total. The third-order valence-corrected chi connectivity index (χ3v) is 4.33. The van der Waals surface area contributed by atoms with Gasteiger partial charge in [-0.25, -0.2) is 0 Å². The van der Waals surface area contributed by atoms with Crippen molar-refractivity contribution in [2.45, 2.75) is 38.8 Å². The number of para-hydroxylation sites is 1. The molecule has 0 aliphatic heterocycles. The Morgan fingerprint density at radius 3 is 2.75 bits per heavy atom. The summed E-state index contributed by atoms with van der Waals surface area (Å²) in [6.07, 6.45) is 3.78. The molecule has 4 heteroatoms. The number of rotatable bonds is 6. The van der Waals surface area contributed by atoms with Gasteiger partial charge >= 0.3 is 0 Å². The van der Waals surface area contributed by atoms with E-state index in [1.54, 1.807) is 18.2 Å². The Bertz CT molecular complexity index is 788. The zero-order chi connectivity index (χ0) is 16.9. The quantitative estimate of drug-likeness (QED) is 0.806. The molecule has 1 aliphatic carbocycles. The van der Waals surface area contributed by atoms with Crippen molar-refractivity contribution < 1.29 is 9.53 Å². The molecule has 2 aromatic carbocycles. The summed E-state index contributed by atoms with van der Waals surface area (Å²) in [7, 11) is 0. The highest BCUT2D eigenvalue weighted by Gasteiger charge is 2.20. The van der Waals surface area contributed by atoms with Gasteiger partial charge in [0.25, 0.3) is 0 Å². The first-order chi connectivity index (χ1) is 11.7. The summed E-state index contributed by atoms with van der Waals surface area (Å²) in [5.74, 6) is 0.868. The van der Waals surface area contributed by atoms with E-state index in [2.05, 4.69) is 11.4 Å². The fourth-order valence-corrected chi connectivity index (χ4v) is 2.63.